The first-order valence-electron chi connectivity index (χ1n) is 7.90. The fourth-order valence-electron chi connectivity index (χ4n) is 2.55. The minimum absolute atomic E-state index is 0.276. The van der Waals surface area contributed by atoms with Gasteiger partial charge >= 0.3 is 0 Å². The maximum absolute atomic E-state index is 13.0. The molecule has 1 amide bonds. The predicted molar refractivity (Wildman–Crippen MR) is 103 cm³/mol. The monoisotopic (exact) mass is 410 g/mol. The molecule has 1 N–H and O–H groups in total. The number of carbonyl (C=O) groups is 2. The fraction of sp³-hybridized carbons (Fsp3) is 0.0500. The number of anilines is 1. The summed E-state index contributed by atoms with van der Waals surface area (Å²) in [5.74, 6) is -1.04. The number of nitrogens with zero attached hydrogens (tertiary/aromatic N) is 1. The van der Waals surface area contributed by atoms with Crippen LogP contribution in [0.5, 0.6) is 0 Å². The van der Waals surface area contributed by atoms with Gasteiger partial charge in [-0.1, -0.05) is 48.5 Å². The number of amides is 1. The summed E-state index contributed by atoms with van der Waals surface area (Å²) in [7, 11) is 0. The van der Waals surface area contributed by atoms with Gasteiger partial charge in [0.05, 0.1) is 4.47 Å². The van der Waals surface area contributed by atoms with E-state index in [1.165, 1.54) is 6.20 Å². The molecule has 0 saturated heterocycles. The van der Waals surface area contributed by atoms with Gasteiger partial charge in [-0.25, -0.2) is 0 Å². The number of hydrogen-bond acceptors (Lipinski definition) is 3. The zero-order chi connectivity index (χ0) is 18.5. The highest BCUT2D eigenvalue weighted by Crippen LogP contribution is 2.17. The van der Waals surface area contributed by atoms with Crippen LogP contribution in [0.1, 0.15) is 16.4 Å². The molecule has 0 spiro atoms. The lowest BCUT2D eigenvalue weighted by Gasteiger charge is -2.19. The number of carbonyl (C=O) groups excluding carboxylic acids is 2. The lowest BCUT2D eigenvalue weighted by atomic mass is 10.0. The molecular formula is C20H15BrN2O3. The van der Waals surface area contributed by atoms with Gasteiger partial charge < -0.3 is 5.32 Å². The van der Waals surface area contributed by atoms with E-state index in [2.05, 4.69) is 21.2 Å². The third-order valence-corrected chi connectivity index (χ3v) is 4.41. The molecule has 1 unspecified atom stereocenters. The van der Waals surface area contributed by atoms with Gasteiger partial charge in [-0.2, -0.15) is 0 Å². The molecule has 0 radical (unpaired) electrons. The number of aromatic nitrogens is 1. The van der Waals surface area contributed by atoms with Crippen molar-refractivity contribution in [1.29, 1.82) is 0 Å². The second-order valence-corrected chi connectivity index (χ2v) is 6.41. The van der Waals surface area contributed by atoms with Crippen molar-refractivity contribution in [2.24, 2.45) is 0 Å². The summed E-state index contributed by atoms with van der Waals surface area (Å²) in [4.78, 5) is 38.4. The molecule has 3 rings (SSSR count). The molecule has 5 nitrogen and oxygen atoms in total. The van der Waals surface area contributed by atoms with E-state index in [0.717, 1.165) is 4.57 Å². The lowest BCUT2D eigenvalue weighted by Crippen LogP contribution is -2.38. The van der Waals surface area contributed by atoms with E-state index >= 15 is 0 Å². The minimum Gasteiger partial charge on any atom is -0.324 e. The van der Waals surface area contributed by atoms with Crippen LogP contribution in [0.2, 0.25) is 0 Å². The Kier molecular flexibility index (Phi) is 5.43. The molecule has 1 heterocycles. The van der Waals surface area contributed by atoms with Crippen LogP contribution in [0.25, 0.3) is 0 Å². The van der Waals surface area contributed by atoms with Crippen LogP contribution < -0.4 is 10.9 Å². The van der Waals surface area contributed by atoms with E-state index in [9.17, 15) is 14.4 Å². The Morgan fingerprint density at radius 2 is 1.50 bits per heavy atom. The maximum Gasteiger partial charge on any atom is 0.265 e. The summed E-state index contributed by atoms with van der Waals surface area (Å²) < 4.78 is 1.41. The van der Waals surface area contributed by atoms with Crippen LogP contribution in [0.15, 0.2) is 88.3 Å². The molecule has 26 heavy (non-hydrogen) atoms. The van der Waals surface area contributed by atoms with Crippen molar-refractivity contribution in [1.82, 2.24) is 4.57 Å². The Bertz CT molecular complexity index is 985. The molecular weight excluding hydrogens is 396 g/mol. The standard InChI is InChI=1S/C20H15BrN2O3/c21-16-12-7-13-23(20(16)26)17(18(24)14-8-3-1-4-9-14)19(25)22-15-10-5-2-6-11-15/h1-13,17H,(H,22,25). The van der Waals surface area contributed by atoms with Crippen molar-refractivity contribution >= 4 is 33.3 Å². The largest absolute Gasteiger partial charge is 0.324 e. The molecule has 6 heteroatoms. The SMILES string of the molecule is O=C(Nc1ccccc1)C(C(=O)c1ccccc1)n1cccc(Br)c1=O. The average molecular weight is 411 g/mol. The van der Waals surface area contributed by atoms with E-state index in [1.54, 1.807) is 66.7 Å². The zero-order valence-corrected chi connectivity index (χ0v) is 15.2. The summed E-state index contributed by atoms with van der Waals surface area (Å²) in [6, 6.07) is 19.1. The number of ketones is 1. The van der Waals surface area contributed by atoms with Gasteiger partial charge in [0.2, 0.25) is 0 Å². The van der Waals surface area contributed by atoms with Crippen LogP contribution >= 0.6 is 15.9 Å². The van der Waals surface area contributed by atoms with Crippen molar-refractivity contribution in [2.75, 3.05) is 5.32 Å². The van der Waals surface area contributed by atoms with E-state index in [4.69, 9.17) is 0 Å². The smallest absolute Gasteiger partial charge is 0.265 e. The van der Waals surface area contributed by atoms with E-state index in [0.29, 0.717) is 11.3 Å². The first kappa shape index (κ1) is 17.8. The van der Waals surface area contributed by atoms with Crippen LogP contribution in [0.4, 0.5) is 5.69 Å². The van der Waals surface area contributed by atoms with Crippen LogP contribution in [-0.2, 0) is 4.79 Å². The molecule has 0 aliphatic heterocycles. The summed E-state index contributed by atoms with van der Waals surface area (Å²) in [6.45, 7) is 0. The normalized spacial score (nSPS) is 11.6. The van der Waals surface area contributed by atoms with Crippen molar-refractivity contribution in [3.8, 4) is 0 Å². The van der Waals surface area contributed by atoms with E-state index in [-0.39, 0.29) is 4.47 Å². The van der Waals surface area contributed by atoms with Gasteiger partial charge in [0.1, 0.15) is 0 Å². The van der Waals surface area contributed by atoms with Crippen LogP contribution in [-0.4, -0.2) is 16.3 Å². The summed E-state index contributed by atoms with van der Waals surface area (Å²) in [5, 5.41) is 2.70. The highest BCUT2D eigenvalue weighted by atomic mass is 79.9. The third kappa shape index (κ3) is 3.81. The molecule has 0 bridgehead atoms. The Hall–Kier alpha value is -2.99. The topological polar surface area (TPSA) is 68.2 Å². The zero-order valence-electron chi connectivity index (χ0n) is 13.6. The summed E-state index contributed by atoms with van der Waals surface area (Å²) in [5.41, 5.74) is 0.448. The lowest BCUT2D eigenvalue weighted by molar-refractivity contribution is -0.118. The van der Waals surface area contributed by atoms with Gasteiger partial charge in [0, 0.05) is 17.4 Å². The number of halogens is 1. The third-order valence-electron chi connectivity index (χ3n) is 3.80. The second-order valence-electron chi connectivity index (χ2n) is 5.56. The molecule has 0 aliphatic carbocycles. The number of nitrogens with one attached hydrogen (secondary N) is 1. The molecule has 0 aliphatic rings. The predicted octanol–water partition coefficient (Wildman–Crippen LogP) is 3.67. The van der Waals surface area contributed by atoms with Gasteiger partial charge in [-0.15, -0.1) is 0 Å². The highest BCUT2D eigenvalue weighted by Gasteiger charge is 2.30. The first-order chi connectivity index (χ1) is 12.6. The molecule has 0 fully saturated rings. The second kappa shape index (κ2) is 7.93. The number of pyridine rings is 1. The van der Waals surface area contributed by atoms with Gasteiger partial charge in [-0.05, 0) is 40.2 Å². The molecule has 2 aromatic carbocycles. The van der Waals surface area contributed by atoms with Gasteiger partial charge in [-0.3, -0.25) is 19.0 Å². The Morgan fingerprint density at radius 1 is 0.885 bits per heavy atom. The number of para-hydroxylation sites is 1. The number of hydrogen-bond donors (Lipinski definition) is 1. The number of Topliss-reactive ketones (excluding diaryl/α,β-unsaturated/α-hetero) is 1. The molecule has 3 aromatic rings. The highest BCUT2D eigenvalue weighted by molar-refractivity contribution is 9.10. The Morgan fingerprint density at radius 3 is 2.15 bits per heavy atom. The Balaban J connectivity index is 2.04. The maximum atomic E-state index is 13.0. The minimum atomic E-state index is -1.32. The van der Waals surface area contributed by atoms with E-state index in [1.807, 2.05) is 6.07 Å². The van der Waals surface area contributed by atoms with E-state index < -0.39 is 23.3 Å². The van der Waals surface area contributed by atoms with Crippen molar-refractivity contribution in [2.45, 2.75) is 6.04 Å². The summed E-state index contributed by atoms with van der Waals surface area (Å²) in [6.07, 6.45) is 1.43. The van der Waals surface area contributed by atoms with Gasteiger partial charge in [0.15, 0.2) is 11.8 Å². The van der Waals surface area contributed by atoms with Crippen molar-refractivity contribution in [3.05, 3.63) is 99.4 Å². The van der Waals surface area contributed by atoms with Crippen molar-refractivity contribution in [3.63, 3.8) is 0 Å². The summed E-state index contributed by atoms with van der Waals surface area (Å²) >= 11 is 3.16. The molecule has 0 saturated carbocycles. The molecule has 130 valence electrons. The average Bonchev–Trinajstić information content (AvgIpc) is 2.67. The first-order valence-corrected chi connectivity index (χ1v) is 8.69. The van der Waals surface area contributed by atoms with Crippen molar-refractivity contribution < 1.29 is 9.59 Å². The number of rotatable bonds is 5. The number of benzene rings is 2. The molecule has 1 aromatic heterocycles. The molecule has 1 atom stereocenters. The van der Waals surface area contributed by atoms with Crippen LogP contribution in [0, 0.1) is 0 Å². The van der Waals surface area contributed by atoms with Gasteiger partial charge in [0.25, 0.3) is 11.5 Å². The quantitative estimate of drug-likeness (QED) is 0.515. The Labute approximate surface area is 158 Å². The fourth-order valence-corrected chi connectivity index (χ4v) is 2.91. The van der Waals surface area contributed by atoms with Crippen LogP contribution in [0.3, 0.4) is 0 Å².